The number of carboxylic acids is 1. The highest BCUT2D eigenvalue weighted by molar-refractivity contribution is 5.75. The highest BCUT2D eigenvalue weighted by atomic mass is 19.1. The van der Waals surface area contributed by atoms with Crippen LogP contribution >= 0.6 is 0 Å². The van der Waals surface area contributed by atoms with Crippen molar-refractivity contribution in [2.45, 2.75) is 32.6 Å². The summed E-state index contributed by atoms with van der Waals surface area (Å²) in [6, 6.07) is 7.69. The van der Waals surface area contributed by atoms with Gasteiger partial charge in [-0.2, -0.15) is 0 Å². The number of carbonyl (C=O) groups is 1. The largest absolute Gasteiger partial charge is 0.481 e. The van der Waals surface area contributed by atoms with E-state index < -0.39 is 11.9 Å². The molecule has 1 unspecified atom stereocenters. The van der Waals surface area contributed by atoms with Crippen LogP contribution in [0.4, 0.5) is 4.39 Å². The zero-order valence-electron chi connectivity index (χ0n) is 12.0. The molecule has 0 aliphatic rings. The molecule has 0 aliphatic carbocycles. The van der Waals surface area contributed by atoms with Crippen molar-refractivity contribution in [3.05, 3.63) is 58.9 Å². The van der Waals surface area contributed by atoms with Gasteiger partial charge in [-0.15, -0.1) is 0 Å². The standard InChI is InChI=1S/C16H17FN2O2/c1-3-13-9-15(19-10(2)18-13)14(16(20)21)8-11-5-4-6-12(17)7-11/h4-7,9,14H,3,8H2,1-2H3,(H,20,21). The van der Waals surface area contributed by atoms with Gasteiger partial charge in [0, 0.05) is 5.69 Å². The van der Waals surface area contributed by atoms with Crippen LogP contribution in [-0.4, -0.2) is 21.0 Å². The predicted molar refractivity (Wildman–Crippen MR) is 76.6 cm³/mol. The fraction of sp³-hybridized carbons (Fsp3) is 0.312. The van der Waals surface area contributed by atoms with Crippen LogP contribution in [0.15, 0.2) is 30.3 Å². The van der Waals surface area contributed by atoms with Crippen LogP contribution in [0.2, 0.25) is 0 Å². The monoisotopic (exact) mass is 288 g/mol. The number of benzene rings is 1. The average Bonchev–Trinajstić information content (AvgIpc) is 2.43. The quantitative estimate of drug-likeness (QED) is 0.919. The highest BCUT2D eigenvalue weighted by Crippen LogP contribution is 2.21. The molecule has 4 nitrogen and oxygen atoms in total. The van der Waals surface area contributed by atoms with Gasteiger partial charge in [-0.3, -0.25) is 4.79 Å². The Bertz CT molecular complexity index is 658. The number of aryl methyl sites for hydroxylation is 2. The van der Waals surface area contributed by atoms with E-state index in [1.54, 1.807) is 25.1 Å². The van der Waals surface area contributed by atoms with E-state index in [1.165, 1.54) is 12.1 Å². The van der Waals surface area contributed by atoms with E-state index in [9.17, 15) is 14.3 Å². The van der Waals surface area contributed by atoms with Crippen molar-refractivity contribution >= 4 is 5.97 Å². The topological polar surface area (TPSA) is 63.1 Å². The molecule has 0 fully saturated rings. The molecule has 0 bridgehead atoms. The normalized spacial score (nSPS) is 12.1. The smallest absolute Gasteiger partial charge is 0.312 e. The molecule has 110 valence electrons. The Hall–Kier alpha value is -2.30. The maximum Gasteiger partial charge on any atom is 0.312 e. The molecule has 0 radical (unpaired) electrons. The third-order valence-electron chi connectivity index (χ3n) is 3.26. The molecule has 0 saturated carbocycles. The van der Waals surface area contributed by atoms with E-state index in [0.29, 0.717) is 23.5 Å². The van der Waals surface area contributed by atoms with E-state index in [4.69, 9.17) is 0 Å². The van der Waals surface area contributed by atoms with Crippen LogP contribution in [0, 0.1) is 12.7 Å². The number of aliphatic carboxylic acids is 1. The molecule has 1 atom stereocenters. The van der Waals surface area contributed by atoms with Gasteiger partial charge in [0.05, 0.1) is 5.69 Å². The molecule has 2 rings (SSSR count). The van der Waals surface area contributed by atoms with Crippen LogP contribution < -0.4 is 0 Å². The number of carboxylic acid groups (broad SMARTS) is 1. The number of halogens is 1. The molecule has 0 amide bonds. The first-order valence-electron chi connectivity index (χ1n) is 6.81. The Morgan fingerprint density at radius 1 is 1.33 bits per heavy atom. The maximum absolute atomic E-state index is 13.2. The minimum atomic E-state index is -0.973. The summed E-state index contributed by atoms with van der Waals surface area (Å²) in [6.45, 7) is 3.69. The lowest BCUT2D eigenvalue weighted by atomic mass is 9.95. The Morgan fingerprint density at radius 3 is 2.71 bits per heavy atom. The lowest BCUT2D eigenvalue weighted by molar-refractivity contribution is -0.138. The minimum absolute atomic E-state index is 0.201. The van der Waals surface area contributed by atoms with Gasteiger partial charge in [0.25, 0.3) is 0 Å². The summed E-state index contributed by atoms with van der Waals surface area (Å²) in [6.07, 6.45) is 0.912. The Morgan fingerprint density at radius 2 is 2.10 bits per heavy atom. The molecule has 1 aromatic heterocycles. The van der Waals surface area contributed by atoms with Crippen LogP contribution in [0.25, 0.3) is 0 Å². The molecule has 5 heteroatoms. The van der Waals surface area contributed by atoms with E-state index >= 15 is 0 Å². The SMILES string of the molecule is CCc1cc(C(Cc2cccc(F)c2)C(=O)O)nc(C)n1. The summed E-state index contributed by atoms with van der Waals surface area (Å²) in [5, 5.41) is 9.46. The Labute approximate surface area is 122 Å². The summed E-state index contributed by atoms with van der Waals surface area (Å²) in [5.41, 5.74) is 1.91. The van der Waals surface area contributed by atoms with Crippen LogP contribution in [0.1, 0.15) is 35.6 Å². The molecule has 0 aliphatic heterocycles. The van der Waals surface area contributed by atoms with E-state index in [-0.39, 0.29) is 12.2 Å². The van der Waals surface area contributed by atoms with Gasteiger partial charge in [-0.05, 0) is 43.5 Å². The molecular weight excluding hydrogens is 271 g/mol. The Balaban J connectivity index is 2.35. The van der Waals surface area contributed by atoms with Gasteiger partial charge in [-0.1, -0.05) is 19.1 Å². The fourth-order valence-electron chi connectivity index (χ4n) is 2.23. The van der Waals surface area contributed by atoms with Crippen molar-refractivity contribution in [2.75, 3.05) is 0 Å². The molecule has 1 aromatic carbocycles. The number of aromatic nitrogens is 2. The van der Waals surface area contributed by atoms with E-state index in [0.717, 1.165) is 5.69 Å². The van der Waals surface area contributed by atoms with Gasteiger partial charge in [0.1, 0.15) is 17.6 Å². The lowest BCUT2D eigenvalue weighted by Gasteiger charge is -2.13. The first-order chi connectivity index (χ1) is 9.99. The molecular formula is C16H17FN2O2. The first kappa shape index (κ1) is 15.1. The van der Waals surface area contributed by atoms with Gasteiger partial charge < -0.3 is 5.11 Å². The molecule has 1 heterocycles. The number of nitrogens with zero attached hydrogens (tertiary/aromatic N) is 2. The van der Waals surface area contributed by atoms with Gasteiger partial charge in [0.15, 0.2) is 0 Å². The second-order valence-electron chi connectivity index (χ2n) is 4.91. The average molecular weight is 288 g/mol. The number of hydrogen-bond acceptors (Lipinski definition) is 3. The first-order valence-corrected chi connectivity index (χ1v) is 6.81. The third-order valence-corrected chi connectivity index (χ3v) is 3.26. The summed E-state index contributed by atoms with van der Waals surface area (Å²) < 4.78 is 13.2. The van der Waals surface area contributed by atoms with Crippen molar-refractivity contribution in [3.63, 3.8) is 0 Å². The van der Waals surface area contributed by atoms with Crippen LogP contribution in [-0.2, 0) is 17.6 Å². The van der Waals surface area contributed by atoms with E-state index in [1.807, 2.05) is 6.92 Å². The molecule has 21 heavy (non-hydrogen) atoms. The fourth-order valence-corrected chi connectivity index (χ4v) is 2.23. The highest BCUT2D eigenvalue weighted by Gasteiger charge is 2.23. The summed E-state index contributed by atoms with van der Waals surface area (Å²) in [7, 11) is 0. The van der Waals surface area contributed by atoms with Gasteiger partial charge >= 0.3 is 5.97 Å². The maximum atomic E-state index is 13.2. The zero-order chi connectivity index (χ0) is 15.4. The van der Waals surface area contributed by atoms with Crippen molar-refractivity contribution in [1.82, 2.24) is 9.97 Å². The zero-order valence-corrected chi connectivity index (χ0v) is 12.0. The van der Waals surface area contributed by atoms with Crippen molar-refractivity contribution in [1.29, 1.82) is 0 Å². The van der Waals surface area contributed by atoms with Crippen LogP contribution in [0.3, 0.4) is 0 Å². The van der Waals surface area contributed by atoms with Crippen molar-refractivity contribution in [3.8, 4) is 0 Å². The summed E-state index contributed by atoms with van der Waals surface area (Å²) in [5.74, 6) is -1.60. The number of hydrogen-bond donors (Lipinski definition) is 1. The minimum Gasteiger partial charge on any atom is -0.481 e. The number of rotatable bonds is 5. The lowest BCUT2D eigenvalue weighted by Crippen LogP contribution is -2.17. The second kappa shape index (κ2) is 6.43. The van der Waals surface area contributed by atoms with Gasteiger partial charge in [0.2, 0.25) is 0 Å². The second-order valence-corrected chi connectivity index (χ2v) is 4.91. The molecule has 2 aromatic rings. The van der Waals surface area contributed by atoms with Crippen molar-refractivity contribution < 1.29 is 14.3 Å². The summed E-state index contributed by atoms with van der Waals surface area (Å²) in [4.78, 5) is 20.0. The third kappa shape index (κ3) is 3.84. The molecule has 0 spiro atoms. The van der Waals surface area contributed by atoms with Crippen LogP contribution in [0.5, 0.6) is 0 Å². The Kier molecular flexibility index (Phi) is 4.62. The molecule has 0 saturated heterocycles. The van der Waals surface area contributed by atoms with E-state index in [2.05, 4.69) is 9.97 Å². The van der Waals surface area contributed by atoms with Crippen molar-refractivity contribution in [2.24, 2.45) is 0 Å². The predicted octanol–water partition coefficient (Wildman–Crippen LogP) is 2.90. The molecule has 1 N–H and O–H groups in total. The summed E-state index contributed by atoms with van der Waals surface area (Å²) >= 11 is 0. The van der Waals surface area contributed by atoms with Gasteiger partial charge in [-0.25, -0.2) is 14.4 Å².